The molecule has 4 nitrogen and oxygen atoms in total. The maximum absolute atomic E-state index is 10.9. The fourth-order valence-electron chi connectivity index (χ4n) is 1.34. The van der Waals surface area contributed by atoms with Gasteiger partial charge in [0, 0.05) is 6.04 Å². The predicted molar refractivity (Wildman–Crippen MR) is 54.9 cm³/mol. The lowest BCUT2D eigenvalue weighted by molar-refractivity contribution is 0.172. The number of primary sulfonamides is 1. The summed E-state index contributed by atoms with van der Waals surface area (Å²) in [4.78, 5) is 1.99. The third kappa shape index (κ3) is 4.59. The minimum absolute atomic E-state index is 0.0132. The topological polar surface area (TPSA) is 63.4 Å². The van der Waals surface area contributed by atoms with E-state index in [2.05, 4.69) is 0 Å². The van der Waals surface area contributed by atoms with E-state index in [9.17, 15) is 8.42 Å². The Bertz CT molecular complexity index is 257. The second-order valence-corrected chi connectivity index (χ2v) is 6.05. The van der Waals surface area contributed by atoms with Crippen LogP contribution in [0.2, 0.25) is 0 Å². The summed E-state index contributed by atoms with van der Waals surface area (Å²) in [5.41, 5.74) is -0.322. The van der Waals surface area contributed by atoms with E-state index >= 15 is 0 Å². The molecule has 1 unspecified atom stereocenters. The average Bonchev–Trinajstić information content (AvgIpc) is 1.80. The number of nitrogens with two attached hydrogens (primary N) is 1. The van der Waals surface area contributed by atoms with Gasteiger partial charge < -0.3 is 4.90 Å². The summed E-state index contributed by atoms with van der Waals surface area (Å²) < 4.78 is 21.9. The van der Waals surface area contributed by atoms with Gasteiger partial charge in [-0.15, -0.1) is 0 Å². The Labute approximate surface area is 81.2 Å². The molecule has 0 aromatic rings. The fourth-order valence-corrected chi connectivity index (χ4v) is 2.62. The van der Waals surface area contributed by atoms with Gasteiger partial charge in [0.05, 0.1) is 5.75 Å². The van der Waals surface area contributed by atoms with Gasteiger partial charge in [0.1, 0.15) is 0 Å². The van der Waals surface area contributed by atoms with E-state index in [0.717, 1.165) is 0 Å². The van der Waals surface area contributed by atoms with Crippen molar-refractivity contribution in [2.24, 2.45) is 10.6 Å². The first-order chi connectivity index (χ1) is 5.56. The molecule has 0 radical (unpaired) electrons. The quantitative estimate of drug-likeness (QED) is 0.720. The second-order valence-electron chi connectivity index (χ2n) is 4.44. The van der Waals surface area contributed by atoms with Crippen molar-refractivity contribution in [3.8, 4) is 0 Å². The van der Waals surface area contributed by atoms with Gasteiger partial charge >= 0.3 is 0 Å². The maximum Gasteiger partial charge on any atom is 0.209 e. The van der Waals surface area contributed by atoms with Gasteiger partial charge in [0.25, 0.3) is 0 Å². The van der Waals surface area contributed by atoms with E-state index in [0.29, 0.717) is 0 Å². The van der Waals surface area contributed by atoms with E-state index in [1.807, 2.05) is 39.8 Å². The summed E-state index contributed by atoms with van der Waals surface area (Å²) in [7, 11) is 0.465. The van der Waals surface area contributed by atoms with Crippen LogP contribution in [0.5, 0.6) is 0 Å². The van der Waals surface area contributed by atoms with Gasteiger partial charge in [0.2, 0.25) is 10.0 Å². The Morgan fingerprint density at radius 2 is 1.77 bits per heavy atom. The minimum Gasteiger partial charge on any atom is -0.306 e. The van der Waals surface area contributed by atoms with Crippen molar-refractivity contribution in [3.63, 3.8) is 0 Å². The summed E-state index contributed by atoms with van der Waals surface area (Å²) in [6, 6.07) is 0.172. The summed E-state index contributed by atoms with van der Waals surface area (Å²) in [5.74, 6) is 0.0132. The lowest BCUT2D eigenvalue weighted by Gasteiger charge is -2.35. The van der Waals surface area contributed by atoms with E-state index in [4.69, 9.17) is 5.14 Å². The summed E-state index contributed by atoms with van der Waals surface area (Å²) in [6.07, 6.45) is 0. The van der Waals surface area contributed by atoms with Crippen molar-refractivity contribution in [1.29, 1.82) is 0 Å². The van der Waals surface area contributed by atoms with Crippen molar-refractivity contribution in [3.05, 3.63) is 0 Å². The number of sulfonamides is 1. The van der Waals surface area contributed by atoms with Crippen LogP contribution in [0.1, 0.15) is 20.8 Å². The first-order valence-electron chi connectivity index (χ1n) is 4.23. The van der Waals surface area contributed by atoms with Crippen molar-refractivity contribution in [1.82, 2.24) is 4.90 Å². The van der Waals surface area contributed by atoms with Crippen LogP contribution >= 0.6 is 0 Å². The van der Waals surface area contributed by atoms with Crippen LogP contribution in [0.4, 0.5) is 0 Å². The normalized spacial score (nSPS) is 16.2. The zero-order valence-corrected chi connectivity index (χ0v) is 9.85. The molecule has 0 fully saturated rings. The number of rotatable bonds is 4. The van der Waals surface area contributed by atoms with E-state index < -0.39 is 10.0 Å². The highest BCUT2D eigenvalue weighted by Gasteiger charge is 2.31. The van der Waals surface area contributed by atoms with Gasteiger partial charge in [-0.2, -0.15) is 0 Å². The van der Waals surface area contributed by atoms with Gasteiger partial charge in [-0.1, -0.05) is 13.8 Å². The fraction of sp³-hybridized carbons (Fsp3) is 1.00. The standard InChI is InChI=1S/C8H20N2O2S/c1-7(10(4)5)8(2,3)6-13(9,11)12/h7H,6H2,1-5H3,(H2,9,11,12). The Morgan fingerprint density at radius 3 is 2.00 bits per heavy atom. The Balaban J connectivity index is 4.58. The molecule has 0 aliphatic carbocycles. The molecule has 0 bridgehead atoms. The minimum atomic E-state index is -3.39. The van der Waals surface area contributed by atoms with Gasteiger partial charge in [-0.05, 0) is 26.4 Å². The summed E-state index contributed by atoms with van der Waals surface area (Å²) in [5, 5.41) is 5.01. The SMILES string of the molecule is CC(N(C)C)C(C)(C)CS(N)(=O)=O. The van der Waals surface area contributed by atoms with Crippen molar-refractivity contribution >= 4 is 10.0 Å². The average molecular weight is 208 g/mol. The van der Waals surface area contributed by atoms with Gasteiger partial charge in [0.15, 0.2) is 0 Å². The molecule has 13 heavy (non-hydrogen) atoms. The van der Waals surface area contributed by atoms with E-state index in [1.54, 1.807) is 0 Å². The Hall–Kier alpha value is -0.130. The van der Waals surface area contributed by atoms with E-state index in [-0.39, 0.29) is 17.2 Å². The molecule has 0 heterocycles. The molecule has 0 spiro atoms. The highest BCUT2D eigenvalue weighted by molar-refractivity contribution is 7.89. The lowest BCUT2D eigenvalue weighted by atomic mass is 9.87. The third-order valence-electron chi connectivity index (χ3n) is 2.48. The molecule has 0 saturated heterocycles. The molecule has 0 rings (SSSR count). The van der Waals surface area contributed by atoms with Crippen LogP contribution in [-0.2, 0) is 10.0 Å². The van der Waals surface area contributed by atoms with Crippen LogP contribution in [0.3, 0.4) is 0 Å². The molecular formula is C8H20N2O2S. The van der Waals surface area contributed by atoms with Crippen molar-refractivity contribution in [2.75, 3.05) is 19.8 Å². The maximum atomic E-state index is 10.9. The van der Waals surface area contributed by atoms with Crippen molar-refractivity contribution < 1.29 is 8.42 Å². The van der Waals surface area contributed by atoms with Crippen LogP contribution in [0.25, 0.3) is 0 Å². The molecule has 0 aromatic heterocycles. The number of hydrogen-bond acceptors (Lipinski definition) is 3. The zero-order valence-electron chi connectivity index (χ0n) is 9.03. The molecule has 5 heteroatoms. The smallest absolute Gasteiger partial charge is 0.209 e. The molecular weight excluding hydrogens is 188 g/mol. The lowest BCUT2D eigenvalue weighted by Crippen LogP contribution is -2.44. The molecule has 2 N–H and O–H groups in total. The molecule has 0 aromatic carbocycles. The van der Waals surface area contributed by atoms with Crippen LogP contribution in [-0.4, -0.2) is 39.2 Å². The second kappa shape index (κ2) is 3.94. The number of hydrogen-bond donors (Lipinski definition) is 1. The Kier molecular flexibility index (Phi) is 3.90. The predicted octanol–water partition coefficient (Wildman–Crippen LogP) is 0.251. The largest absolute Gasteiger partial charge is 0.306 e. The molecule has 0 aliphatic rings. The monoisotopic (exact) mass is 208 g/mol. The molecule has 0 saturated carbocycles. The van der Waals surface area contributed by atoms with E-state index in [1.165, 1.54) is 0 Å². The highest BCUT2D eigenvalue weighted by atomic mass is 32.2. The van der Waals surface area contributed by atoms with Gasteiger partial charge in [-0.3, -0.25) is 0 Å². The molecule has 80 valence electrons. The summed E-state index contributed by atoms with van der Waals surface area (Å²) >= 11 is 0. The summed E-state index contributed by atoms with van der Waals surface area (Å²) in [6.45, 7) is 5.80. The zero-order chi connectivity index (χ0) is 10.9. The van der Waals surface area contributed by atoms with Crippen LogP contribution in [0, 0.1) is 5.41 Å². The molecule has 0 aliphatic heterocycles. The van der Waals surface area contributed by atoms with Crippen LogP contribution in [0.15, 0.2) is 0 Å². The van der Waals surface area contributed by atoms with Crippen molar-refractivity contribution in [2.45, 2.75) is 26.8 Å². The molecule has 0 amide bonds. The first kappa shape index (κ1) is 12.9. The van der Waals surface area contributed by atoms with Crippen LogP contribution < -0.4 is 5.14 Å². The Morgan fingerprint density at radius 1 is 1.38 bits per heavy atom. The number of nitrogens with zero attached hydrogens (tertiary/aromatic N) is 1. The third-order valence-corrected chi connectivity index (χ3v) is 3.63. The molecule has 1 atom stereocenters. The van der Waals surface area contributed by atoms with Gasteiger partial charge in [-0.25, -0.2) is 13.6 Å². The highest BCUT2D eigenvalue weighted by Crippen LogP contribution is 2.24. The first-order valence-corrected chi connectivity index (χ1v) is 5.95.